The number of unbranched alkanes of at least 4 members (excludes halogenated alkanes) is 8. The third-order valence-corrected chi connectivity index (χ3v) is 2.49. The fraction of sp³-hybridized carbons (Fsp3) is 0.917. The molecule has 0 radical (unpaired) electrons. The van der Waals surface area contributed by atoms with E-state index in [1.807, 2.05) is 0 Å². The number of hydrogen-bond acceptors (Lipinski definition) is 1. The molecule has 0 aliphatic rings. The van der Waals surface area contributed by atoms with Crippen molar-refractivity contribution in [3.8, 4) is 0 Å². The fourth-order valence-corrected chi connectivity index (χ4v) is 1.59. The Morgan fingerprint density at radius 2 is 1.27 bits per heavy atom. The number of rotatable bonds is 10. The van der Waals surface area contributed by atoms with Gasteiger partial charge in [-0.25, -0.2) is 0 Å². The summed E-state index contributed by atoms with van der Waals surface area (Å²) in [5, 5.41) is 8.41. The van der Waals surface area contributed by atoms with Crippen molar-refractivity contribution < 1.29 is 9.90 Å². The van der Waals surface area contributed by atoms with Crippen molar-refractivity contribution in [2.75, 3.05) is 0 Å². The molecule has 0 unspecified atom stereocenters. The van der Waals surface area contributed by atoms with E-state index in [1.165, 1.54) is 44.9 Å². The number of hydrogen-bond donors (Lipinski definition) is 1. The van der Waals surface area contributed by atoms with E-state index in [2.05, 4.69) is 6.92 Å². The third kappa shape index (κ3) is 16.3. The van der Waals surface area contributed by atoms with Gasteiger partial charge < -0.3 is 5.11 Å². The molecule has 0 rings (SSSR count). The van der Waals surface area contributed by atoms with Gasteiger partial charge in [-0.15, -0.1) is 0 Å². The van der Waals surface area contributed by atoms with Crippen molar-refractivity contribution in [3.63, 3.8) is 0 Å². The number of carbonyl (C=O) groups is 1. The standard InChI is InChI=1S/C12H24O2.Be.2H/c1-2-3-4-5-6-7-8-9-10-11-12(13)14;;;/h2-11H2,1H3,(H,13,14);;;. The Balaban J connectivity index is 0. The molecular formula is C12H26BeO2. The quantitative estimate of drug-likeness (QED) is 0.445. The van der Waals surface area contributed by atoms with E-state index in [0.29, 0.717) is 6.42 Å². The van der Waals surface area contributed by atoms with E-state index in [4.69, 9.17) is 5.11 Å². The van der Waals surface area contributed by atoms with Crippen LogP contribution in [0.1, 0.15) is 71.1 Å². The van der Waals surface area contributed by atoms with Crippen LogP contribution in [-0.2, 0) is 4.79 Å². The van der Waals surface area contributed by atoms with Gasteiger partial charge in [-0.05, 0) is 6.42 Å². The monoisotopic (exact) mass is 211 g/mol. The summed E-state index contributed by atoms with van der Waals surface area (Å²) in [5.41, 5.74) is 0. The van der Waals surface area contributed by atoms with Crippen LogP contribution in [0.2, 0.25) is 0 Å². The van der Waals surface area contributed by atoms with Gasteiger partial charge in [0.15, 0.2) is 0 Å². The van der Waals surface area contributed by atoms with Crippen molar-refractivity contribution in [2.45, 2.75) is 71.1 Å². The van der Waals surface area contributed by atoms with Gasteiger partial charge in [0.2, 0.25) is 0 Å². The summed E-state index contributed by atoms with van der Waals surface area (Å²) in [4.78, 5) is 10.2. The summed E-state index contributed by atoms with van der Waals surface area (Å²) >= 11 is 0. The van der Waals surface area contributed by atoms with Gasteiger partial charge in [-0.1, -0.05) is 58.3 Å². The van der Waals surface area contributed by atoms with E-state index in [1.54, 1.807) is 0 Å². The first-order valence-electron chi connectivity index (χ1n) is 5.99. The first-order valence-corrected chi connectivity index (χ1v) is 5.99. The normalized spacial score (nSPS) is 9.67. The van der Waals surface area contributed by atoms with Crippen molar-refractivity contribution >= 4 is 16.1 Å². The van der Waals surface area contributed by atoms with Crippen LogP contribution in [0.5, 0.6) is 0 Å². The molecule has 0 fully saturated rings. The van der Waals surface area contributed by atoms with Gasteiger partial charge in [-0.2, -0.15) is 0 Å². The minimum atomic E-state index is -0.659. The van der Waals surface area contributed by atoms with Crippen LogP contribution in [0.15, 0.2) is 0 Å². The molecule has 2 nitrogen and oxygen atoms in total. The van der Waals surface area contributed by atoms with Gasteiger partial charge >= 0.3 is 16.1 Å². The van der Waals surface area contributed by atoms with Crippen molar-refractivity contribution in [3.05, 3.63) is 0 Å². The molecule has 88 valence electrons. The maximum atomic E-state index is 10.2. The number of carboxylic acids is 1. The Morgan fingerprint density at radius 3 is 1.67 bits per heavy atom. The van der Waals surface area contributed by atoms with E-state index in [9.17, 15) is 4.79 Å². The van der Waals surface area contributed by atoms with Gasteiger partial charge in [0.05, 0.1) is 0 Å². The molecule has 0 heterocycles. The summed E-state index contributed by atoms with van der Waals surface area (Å²) < 4.78 is 0. The van der Waals surface area contributed by atoms with Gasteiger partial charge in [0.1, 0.15) is 0 Å². The van der Waals surface area contributed by atoms with E-state index < -0.39 is 5.97 Å². The Hall–Kier alpha value is -0.361. The van der Waals surface area contributed by atoms with Crippen LogP contribution >= 0.6 is 0 Å². The second-order valence-electron chi connectivity index (χ2n) is 3.97. The zero-order chi connectivity index (χ0) is 10.6. The van der Waals surface area contributed by atoms with Gasteiger partial charge in [0, 0.05) is 6.42 Å². The molecule has 0 saturated heterocycles. The molecule has 0 aromatic carbocycles. The molecule has 1 N–H and O–H groups in total. The Labute approximate surface area is 97.7 Å². The predicted octanol–water partition coefficient (Wildman–Crippen LogP) is 3.08. The molecular weight excluding hydrogens is 185 g/mol. The maximum absolute atomic E-state index is 10.2. The summed E-state index contributed by atoms with van der Waals surface area (Å²) in [7, 11) is 0. The van der Waals surface area contributed by atoms with Crippen LogP contribution in [0.4, 0.5) is 0 Å². The molecule has 0 amide bonds. The van der Waals surface area contributed by atoms with E-state index >= 15 is 0 Å². The van der Waals surface area contributed by atoms with Crippen molar-refractivity contribution in [2.24, 2.45) is 0 Å². The number of aliphatic carboxylic acids is 1. The third-order valence-electron chi connectivity index (χ3n) is 2.49. The van der Waals surface area contributed by atoms with Crippen molar-refractivity contribution in [1.29, 1.82) is 0 Å². The topological polar surface area (TPSA) is 37.3 Å². The van der Waals surface area contributed by atoms with Gasteiger partial charge in [-0.3, -0.25) is 4.79 Å². The molecule has 15 heavy (non-hydrogen) atoms. The molecule has 0 aromatic heterocycles. The summed E-state index contributed by atoms with van der Waals surface area (Å²) in [6.07, 6.45) is 11.5. The van der Waals surface area contributed by atoms with Gasteiger partial charge in [0.25, 0.3) is 0 Å². The number of carboxylic acid groups (broad SMARTS) is 1. The molecule has 0 atom stereocenters. The van der Waals surface area contributed by atoms with Crippen molar-refractivity contribution in [1.82, 2.24) is 0 Å². The summed E-state index contributed by atoms with van der Waals surface area (Å²) in [5.74, 6) is -0.659. The van der Waals surface area contributed by atoms with Crippen LogP contribution < -0.4 is 0 Å². The SMILES string of the molecule is CCCCCCCCCCCC(=O)O.[BeH2]. The molecule has 0 aromatic rings. The van der Waals surface area contributed by atoms with Crippen LogP contribution in [-0.4, -0.2) is 21.2 Å². The molecule has 0 aliphatic heterocycles. The Bertz CT molecular complexity index is 138. The van der Waals surface area contributed by atoms with Crippen LogP contribution in [0.3, 0.4) is 0 Å². The summed E-state index contributed by atoms with van der Waals surface area (Å²) in [6, 6.07) is 0. The first kappa shape index (κ1) is 17.0. The Kier molecular flexibility index (Phi) is 15.5. The average molecular weight is 211 g/mol. The molecule has 0 saturated carbocycles. The second kappa shape index (κ2) is 13.6. The predicted molar refractivity (Wildman–Crippen MR) is 68.0 cm³/mol. The zero-order valence-corrected chi connectivity index (χ0v) is 9.43. The van der Waals surface area contributed by atoms with Crippen LogP contribution in [0, 0.1) is 0 Å². The minimum absolute atomic E-state index is 0. The second-order valence-corrected chi connectivity index (χ2v) is 3.97. The zero-order valence-electron chi connectivity index (χ0n) is 9.43. The molecule has 0 bridgehead atoms. The average Bonchev–Trinajstić information content (AvgIpc) is 2.15. The summed E-state index contributed by atoms with van der Waals surface area (Å²) in [6.45, 7) is 2.23. The van der Waals surface area contributed by atoms with Crippen LogP contribution in [0.25, 0.3) is 0 Å². The Morgan fingerprint density at radius 1 is 0.867 bits per heavy atom. The fourth-order valence-electron chi connectivity index (χ4n) is 1.59. The van der Waals surface area contributed by atoms with E-state index in [0.717, 1.165) is 12.8 Å². The molecule has 0 aliphatic carbocycles. The first-order chi connectivity index (χ1) is 6.77. The molecule has 0 spiro atoms. The molecule has 3 heteroatoms. The van der Waals surface area contributed by atoms with E-state index in [-0.39, 0.29) is 10.1 Å².